The number of hydrogen-bond donors (Lipinski definition) is 1. The van der Waals surface area contributed by atoms with Crippen LogP contribution in [0.5, 0.6) is 0 Å². The third kappa shape index (κ3) is 2.40. The predicted molar refractivity (Wildman–Crippen MR) is 68.7 cm³/mol. The van der Waals surface area contributed by atoms with Crippen LogP contribution in [0.25, 0.3) is 0 Å². The molecule has 3 nitrogen and oxygen atoms in total. The Kier molecular flexibility index (Phi) is 3.22. The second kappa shape index (κ2) is 4.63. The number of halogens is 1. The van der Waals surface area contributed by atoms with Crippen LogP contribution in [0.3, 0.4) is 0 Å². The molecule has 0 aliphatic rings. The second-order valence-corrected chi connectivity index (χ2v) is 4.25. The van der Waals surface area contributed by atoms with Crippen molar-refractivity contribution in [1.82, 2.24) is 9.55 Å². The molecule has 1 aromatic carbocycles. The Labute approximate surface area is 104 Å². The zero-order valence-electron chi connectivity index (χ0n) is 8.43. The minimum Gasteiger partial charge on any atom is -0.389 e. The molecule has 1 aromatic heterocycles. The van der Waals surface area contributed by atoms with Crippen LogP contribution in [0.1, 0.15) is 11.1 Å². The fourth-order valence-electron chi connectivity index (χ4n) is 1.41. The molecule has 2 aromatic rings. The van der Waals surface area contributed by atoms with Gasteiger partial charge in [0.15, 0.2) is 0 Å². The summed E-state index contributed by atoms with van der Waals surface area (Å²) >= 11 is 11.0. The average molecular weight is 252 g/mol. The van der Waals surface area contributed by atoms with Gasteiger partial charge in [0.05, 0.1) is 6.33 Å². The molecule has 0 unspecified atom stereocenters. The standard InChI is InChI=1S/C11H10ClN3S/c12-10-5-8(11(13)16)1-2-9(10)6-15-4-3-14-7-15/h1-5,7H,6H2,(H2,13,16). The molecule has 0 amide bonds. The van der Waals surface area contributed by atoms with E-state index in [-0.39, 0.29) is 0 Å². The molecule has 0 aliphatic carbocycles. The molecule has 0 saturated heterocycles. The van der Waals surface area contributed by atoms with E-state index >= 15 is 0 Å². The van der Waals surface area contributed by atoms with Crippen molar-refractivity contribution in [1.29, 1.82) is 0 Å². The number of nitrogens with zero attached hydrogens (tertiary/aromatic N) is 2. The van der Waals surface area contributed by atoms with Gasteiger partial charge in [-0.05, 0) is 11.6 Å². The van der Waals surface area contributed by atoms with E-state index in [2.05, 4.69) is 4.98 Å². The maximum absolute atomic E-state index is 6.14. The molecule has 5 heteroatoms. The summed E-state index contributed by atoms with van der Waals surface area (Å²) < 4.78 is 1.95. The molecule has 0 aliphatic heterocycles. The minimum atomic E-state index is 0.357. The van der Waals surface area contributed by atoms with Gasteiger partial charge in [-0.25, -0.2) is 4.98 Å². The molecule has 82 valence electrons. The summed E-state index contributed by atoms with van der Waals surface area (Å²) in [6.07, 6.45) is 5.37. The van der Waals surface area contributed by atoms with Crippen LogP contribution >= 0.6 is 23.8 Å². The molecule has 1 heterocycles. The Morgan fingerprint density at radius 2 is 2.31 bits per heavy atom. The Morgan fingerprint density at radius 1 is 1.50 bits per heavy atom. The summed E-state index contributed by atoms with van der Waals surface area (Å²) in [7, 11) is 0. The Bertz CT molecular complexity index is 508. The number of benzene rings is 1. The molecule has 0 bridgehead atoms. The maximum atomic E-state index is 6.14. The lowest BCUT2D eigenvalue weighted by Crippen LogP contribution is -2.09. The molecule has 0 fully saturated rings. The monoisotopic (exact) mass is 251 g/mol. The van der Waals surface area contributed by atoms with Crippen molar-refractivity contribution in [3.8, 4) is 0 Å². The summed E-state index contributed by atoms with van der Waals surface area (Å²) in [5.41, 5.74) is 7.33. The Balaban J connectivity index is 2.26. The quantitative estimate of drug-likeness (QED) is 0.851. The van der Waals surface area contributed by atoms with Crippen LogP contribution in [-0.4, -0.2) is 14.5 Å². The fourth-order valence-corrected chi connectivity index (χ4v) is 1.77. The number of imidazole rings is 1. The largest absolute Gasteiger partial charge is 0.389 e. The zero-order valence-corrected chi connectivity index (χ0v) is 10.0. The number of hydrogen-bond acceptors (Lipinski definition) is 2. The lowest BCUT2D eigenvalue weighted by molar-refractivity contribution is 0.797. The molecule has 0 spiro atoms. The topological polar surface area (TPSA) is 43.8 Å². The first kappa shape index (κ1) is 11.1. The third-order valence-corrected chi connectivity index (χ3v) is 2.84. The van der Waals surface area contributed by atoms with E-state index in [9.17, 15) is 0 Å². The third-order valence-electron chi connectivity index (χ3n) is 2.25. The van der Waals surface area contributed by atoms with E-state index in [1.165, 1.54) is 0 Å². The van der Waals surface area contributed by atoms with E-state index in [1.807, 2.05) is 22.9 Å². The first-order chi connectivity index (χ1) is 7.66. The normalized spacial score (nSPS) is 10.3. The highest BCUT2D eigenvalue weighted by atomic mass is 35.5. The van der Waals surface area contributed by atoms with Crippen molar-refractivity contribution < 1.29 is 0 Å². The highest BCUT2D eigenvalue weighted by Gasteiger charge is 2.04. The summed E-state index contributed by atoms with van der Waals surface area (Å²) in [5, 5.41) is 0.666. The molecule has 0 radical (unpaired) electrons. The Hall–Kier alpha value is -1.39. The van der Waals surface area contributed by atoms with Crippen LogP contribution < -0.4 is 5.73 Å². The number of aromatic nitrogens is 2. The smallest absolute Gasteiger partial charge is 0.104 e. The Morgan fingerprint density at radius 3 is 2.88 bits per heavy atom. The molecule has 16 heavy (non-hydrogen) atoms. The van der Waals surface area contributed by atoms with Crippen LogP contribution in [0.4, 0.5) is 0 Å². The van der Waals surface area contributed by atoms with Crippen molar-refractivity contribution in [2.75, 3.05) is 0 Å². The number of thiocarbonyl (C=S) groups is 1. The highest BCUT2D eigenvalue weighted by Crippen LogP contribution is 2.19. The van der Waals surface area contributed by atoms with Gasteiger partial charge in [0.2, 0.25) is 0 Å². The SMILES string of the molecule is NC(=S)c1ccc(Cn2ccnc2)c(Cl)c1. The second-order valence-electron chi connectivity index (χ2n) is 3.41. The summed E-state index contributed by atoms with van der Waals surface area (Å²) in [5.74, 6) is 0. The van der Waals surface area contributed by atoms with E-state index in [0.717, 1.165) is 11.1 Å². The van der Waals surface area contributed by atoms with Gasteiger partial charge in [0.25, 0.3) is 0 Å². The van der Waals surface area contributed by atoms with Crippen molar-refractivity contribution in [2.24, 2.45) is 5.73 Å². The van der Waals surface area contributed by atoms with Crippen molar-refractivity contribution in [3.63, 3.8) is 0 Å². The molecule has 2 rings (SSSR count). The molecular formula is C11H10ClN3S. The number of nitrogens with two attached hydrogens (primary N) is 1. The highest BCUT2D eigenvalue weighted by molar-refractivity contribution is 7.80. The fraction of sp³-hybridized carbons (Fsp3) is 0.0909. The maximum Gasteiger partial charge on any atom is 0.104 e. The van der Waals surface area contributed by atoms with Crippen LogP contribution in [0.2, 0.25) is 5.02 Å². The van der Waals surface area contributed by atoms with Crippen molar-refractivity contribution in [3.05, 3.63) is 53.1 Å². The van der Waals surface area contributed by atoms with Crippen molar-refractivity contribution in [2.45, 2.75) is 6.54 Å². The minimum absolute atomic E-state index is 0.357. The van der Waals surface area contributed by atoms with E-state index in [4.69, 9.17) is 29.6 Å². The molecule has 2 N–H and O–H groups in total. The van der Waals surface area contributed by atoms with Crippen molar-refractivity contribution >= 4 is 28.8 Å². The summed E-state index contributed by atoms with van der Waals surface area (Å²) in [6, 6.07) is 5.59. The lowest BCUT2D eigenvalue weighted by atomic mass is 10.1. The first-order valence-electron chi connectivity index (χ1n) is 4.71. The van der Waals surface area contributed by atoms with Gasteiger partial charge in [0, 0.05) is 29.5 Å². The number of rotatable bonds is 3. The summed E-state index contributed by atoms with van der Waals surface area (Å²) in [6.45, 7) is 0.691. The van der Waals surface area contributed by atoms with E-state index < -0.39 is 0 Å². The zero-order chi connectivity index (χ0) is 11.5. The van der Waals surface area contributed by atoms with Gasteiger partial charge in [-0.15, -0.1) is 0 Å². The van der Waals surface area contributed by atoms with E-state index in [0.29, 0.717) is 16.6 Å². The molecular weight excluding hydrogens is 242 g/mol. The average Bonchev–Trinajstić information content (AvgIpc) is 2.73. The summed E-state index contributed by atoms with van der Waals surface area (Å²) in [4.78, 5) is 4.33. The molecule has 0 saturated carbocycles. The van der Waals surface area contributed by atoms with Crippen LogP contribution in [0.15, 0.2) is 36.9 Å². The van der Waals surface area contributed by atoms with Gasteiger partial charge in [0.1, 0.15) is 4.99 Å². The van der Waals surface area contributed by atoms with Crippen LogP contribution in [0, 0.1) is 0 Å². The van der Waals surface area contributed by atoms with Gasteiger partial charge in [-0.1, -0.05) is 36.0 Å². The van der Waals surface area contributed by atoms with Gasteiger partial charge < -0.3 is 10.3 Å². The predicted octanol–water partition coefficient (Wildman–Crippen LogP) is 2.22. The van der Waals surface area contributed by atoms with Gasteiger partial charge in [-0.2, -0.15) is 0 Å². The van der Waals surface area contributed by atoms with Crippen LogP contribution in [-0.2, 0) is 6.54 Å². The molecule has 0 atom stereocenters. The lowest BCUT2D eigenvalue weighted by Gasteiger charge is -2.07. The first-order valence-corrected chi connectivity index (χ1v) is 5.49. The van der Waals surface area contributed by atoms with Gasteiger partial charge in [-0.3, -0.25) is 0 Å². The van der Waals surface area contributed by atoms with E-state index in [1.54, 1.807) is 18.6 Å². The van der Waals surface area contributed by atoms with Gasteiger partial charge >= 0.3 is 0 Å².